The van der Waals surface area contributed by atoms with E-state index in [9.17, 15) is 0 Å². The Bertz CT molecular complexity index is 503. The molecule has 0 saturated carbocycles. The summed E-state index contributed by atoms with van der Waals surface area (Å²) >= 11 is 2.68. The van der Waals surface area contributed by atoms with Crippen molar-refractivity contribution in [3.8, 4) is 0 Å². The van der Waals surface area contributed by atoms with Crippen LogP contribution in [0.25, 0.3) is 0 Å². The molecule has 0 spiro atoms. The van der Waals surface area contributed by atoms with E-state index >= 15 is 0 Å². The summed E-state index contributed by atoms with van der Waals surface area (Å²) in [6.07, 6.45) is 1.94. The Hall–Kier alpha value is -0.940. The SMILES string of the molecule is C=C1C(C)=C2N=S=NC2=C(C)/C1=N/SC. The third kappa shape index (κ3) is 1.55. The Kier molecular flexibility index (Phi) is 2.75. The molecule has 1 aliphatic heterocycles. The molecule has 15 heavy (non-hydrogen) atoms. The van der Waals surface area contributed by atoms with Crippen molar-refractivity contribution in [2.75, 3.05) is 6.26 Å². The van der Waals surface area contributed by atoms with E-state index in [-0.39, 0.29) is 0 Å². The van der Waals surface area contributed by atoms with Crippen LogP contribution in [0.3, 0.4) is 0 Å². The zero-order valence-electron chi connectivity index (χ0n) is 8.87. The largest absolute Gasteiger partial charge is 0.216 e. The first-order valence-electron chi connectivity index (χ1n) is 4.48. The van der Waals surface area contributed by atoms with Crippen LogP contribution in [0.1, 0.15) is 13.8 Å². The fourth-order valence-corrected chi connectivity index (χ4v) is 2.64. The maximum atomic E-state index is 4.39. The summed E-state index contributed by atoms with van der Waals surface area (Å²) < 4.78 is 13.0. The zero-order chi connectivity index (χ0) is 11.0. The molecule has 2 aliphatic rings. The predicted molar refractivity (Wildman–Crippen MR) is 67.7 cm³/mol. The van der Waals surface area contributed by atoms with Gasteiger partial charge in [-0.2, -0.15) is 8.73 Å². The Morgan fingerprint density at radius 1 is 1.20 bits per heavy atom. The monoisotopic (exact) mass is 237 g/mol. The van der Waals surface area contributed by atoms with Crippen LogP contribution in [0.15, 0.2) is 47.8 Å². The average Bonchev–Trinajstić information content (AvgIpc) is 2.70. The molecular weight excluding hydrogens is 226 g/mol. The second kappa shape index (κ2) is 3.90. The van der Waals surface area contributed by atoms with E-state index in [4.69, 9.17) is 0 Å². The van der Waals surface area contributed by atoms with Crippen LogP contribution in [0, 0.1) is 0 Å². The van der Waals surface area contributed by atoms with Gasteiger partial charge in [0.1, 0.15) is 11.4 Å². The molecule has 1 aliphatic carbocycles. The van der Waals surface area contributed by atoms with E-state index in [2.05, 4.69) is 19.7 Å². The van der Waals surface area contributed by atoms with E-state index in [1.165, 1.54) is 23.3 Å². The van der Waals surface area contributed by atoms with Crippen molar-refractivity contribution in [2.24, 2.45) is 13.1 Å². The van der Waals surface area contributed by atoms with Gasteiger partial charge in [-0.1, -0.05) is 6.58 Å². The lowest BCUT2D eigenvalue weighted by molar-refractivity contribution is 1.18. The Morgan fingerprint density at radius 2 is 1.80 bits per heavy atom. The molecule has 0 unspecified atom stereocenters. The van der Waals surface area contributed by atoms with E-state index in [0.717, 1.165) is 33.8 Å². The summed E-state index contributed by atoms with van der Waals surface area (Å²) in [7, 11) is 0. The van der Waals surface area contributed by atoms with Gasteiger partial charge in [-0.15, -0.1) is 0 Å². The smallest absolute Gasteiger partial charge is 0.110 e. The first-order valence-corrected chi connectivity index (χ1v) is 6.39. The lowest BCUT2D eigenvalue weighted by Gasteiger charge is -2.18. The quantitative estimate of drug-likeness (QED) is 0.645. The van der Waals surface area contributed by atoms with Gasteiger partial charge in [0.05, 0.1) is 17.1 Å². The Balaban J connectivity index is 2.64. The average molecular weight is 237 g/mol. The fraction of sp³-hybridized carbons (Fsp3) is 0.300. The van der Waals surface area contributed by atoms with Crippen LogP contribution in [-0.4, -0.2) is 12.0 Å². The second-order valence-corrected chi connectivity index (χ2v) is 4.39. The lowest BCUT2D eigenvalue weighted by Crippen LogP contribution is -2.13. The molecule has 0 amide bonds. The number of hydrogen-bond acceptors (Lipinski definition) is 4. The third-order valence-corrected chi connectivity index (χ3v) is 3.37. The number of fused-ring (bicyclic) bond motifs is 1. The first-order chi connectivity index (χ1) is 7.16. The summed E-state index contributed by atoms with van der Waals surface area (Å²) in [5.74, 6) is 0. The van der Waals surface area contributed by atoms with Gasteiger partial charge < -0.3 is 0 Å². The van der Waals surface area contributed by atoms with Crippen LogP contribution in [-0.2, 0) is 11.4 Å². The first kappa shape index (κ1) is 10.6. The van der Waals surface area contributed by atoms with Crippen molar-refractivity contribution in [1.82, 2.24) is 0 Å². The highest BCUT2D eigenvalue weighted by atomic mass is 32.2. The van der Waals surface area contributed by atoms with Crippen LogP contribution in [0.5, 0.6) is 0 Å². The topological polar surface area (TPSA) is 37.1 Å². The van der Waals surface area contributed by atoms with Crippen LogP contribution in [0.2, 0.25) is 0 Å². The molecule has 5 heteroatoms. The number of allylic oxidation sites excluding steroid dienone is 3. The molecule has 1 heterocycles. The van der Waals surface area contributed by atoms with Crippen molar-refractivity contribution in [3.63, 3.8) is 0 Å². The van der Waals surface area contributed by atoms with Gasteiger partial charge in [-0.25, -0.2) is 4.40 Å². The molecular formula is C10H11N3S2. The summed E-state index contributed by atoms with van der Waals surface area (Å²) in [4.78, 5) is 0. The maximum Gasteiger partial charge on any atom is 0.110 e. The number of hydrogen-bond donors (Lipinski definition) is 0. The highest BCUT2D eigenvalue weighted by Crippen LogP contribution is 2.35. The van der Waals surface area contributed by atoms with Gasteiger partial charge in [0.15, 0.2) is 0 Å². The number of nitrogens with zero attached hydrogens (tertiary/aromatic N) is 3. The Morgan fingerprint density at radius 3 is 2.40 bits per heavy atom. The van der Waals surface area contributed by atoms with Gasteiger partial charge in [0.25, 0.3) is 0 Å². The van der Waals surface area contributed by atoms with Gasteiger partial charge in [-0.05, 0) is 36.9 Å². The van der Waals surface area contributed by atoms with E-state index in [1.807, 2.05) is 20.1 Å². The molecule has 0 aromatic rings. The van der Waals surface area contributed by atoms with Crippen LogP contribution < -0.4 is 0 Å². The maximum absolute atomic E-state index is 4.39. The van der Waals surface area contributed by atoms with E-state index < -0.39 is 0 Å². The van der Waals surface area contributed by atoms with Gasteiger partial charge >= 0.3 is 0 Å². The summed E-state index contributed by atoms with van der Waals surface area (Å²) in [6.45, 7) is 8.10. The van der Waals surface area contributed by atoms with E-state index in [1.54, 1.807) is 0 Å². The molecule has 0 radical (unpaired) electrons. The Labute approximate surface area is 97.1 Å². The minimum absolute atomic E-state index is 0.945. The molecule has 0 aromatic carbocycles. The van der Waals surface area contributed by atoms with E-state index in [0.29, 0.717) is 0 Å². The minimum atomic E-state index is 0.945. The van der Waals surface area contributed by atoms with Gasteiger partial charge in [0, 0.05) is 11.8 Å². The lowest BCUT2D eigenvalue weighted by atomic mass is 9.90. The van der Waals surface area contributed by atoms with Crippen molar-refractivity contribution in [3.05, 3.63) is 34.7 Å². The predicted octanol–water partition coefficient (Wildman–Crippen LogP) is 3.29. The minimum Gasteiger partial charge on any atom is -0.216 e. The molecule has 0 N–H and O–H groups in total. The zero-order valence-corrected chi connectivity index (χ0v) is 10.5. The van der Waals surface area contributed by atoms with Crippen LogP contribution in [0.4, 0.5) is 0 Å². The standard InChI is InChI=1S/C10H11N3S2/c1-5-6(2)9-10(13-15-12-9)7(3)8(5)11-14-4/h1H2,2-4H3/b11-8+. The summed E-state index contributed by atoms with van der Waals surface area (Å²) in [6, 6.07) is 0. The molecule has 0 aromatic heterocycles. The van der Waals surface area contributed by atoms with Gasteiger partial charge in [0.2, 0.25) is 0 Å². The van der Waals surface area contributed by atoms with Crippen molar-refractivity contribution >= 4 is 29.0 Å². The number of rotatable bonds is 1. The highest BCUT2D eigenvalue weighted by molar-refractivity contribution is 7.97. The molecule has 0 bridgehead atoms. The van der Waals surface area contributed by atoms with Gasteiger partial charge in [-0.3, -0.25) is 0 Å². The highest BCUT2D eigenvalue weighted by Gasteiger charge is 2.26. The summed E-state index contributed by atoms with van der Waals surface area (Å²) in [5.41, 5.74) is 5.98. The normalized spacial score (nSPS) is 22.6. The fourth-order valence-electron chi connectivity index (χ4n) is 1.55. The molecule has 78 valence electrons. The van der Waals surface area contributed by atoms with Crippen molar-refractivity contribution in [2.45, 2.75) is 13.8 Å². The van der Waals surface area contributed by atoms with Crippen LogP contribution >= 0.6 is 11.9 Å². The summed E-state index contributed by atoms with van der Waals surface area (Å²) in [5, 5.41) is 0. The molecule has 0 atom stereocenters. The second-order valence-electron chi connectivity index (χ2n) is 3.31. The van der Waals surface area contributed by atoms with Crippen molar-refractivity contribution in [1.29, 1.82) is 0 Å². The molecule has 3 nitrogen and oxygen atoms in total. The molecule has 0 fully saturated rings. The molecule has 0 saturated heterocycles. The van der Waals surface area contributed by atoms with Crippen molar-refractivity contribution < 1.29 is 0 Å². The molecule has 2 rings (SSSR count). The third-order valence-electron chi connectivity index (χ3n) is 2.48.